The van der Waals surface area contributed by atoms with E-state index in [9.17, 15) is 4.79 Å². The second-order valence-corrected chi connectivity index (χ2v) is 7.16. The SMILES string of the molecule is O=C(c1n[nH]c2c1CCCC2)N1CCC(Cc2ccccc2)CC1. The Kier molecular flexibility index (Phi) is 4.37. The molecule has 126 valence electrons. The van der Waals surface area contributed by atoms with Crippen LogP contribution in [0, 0.1) is 5.92 Å². The lowest BCUT2D eigenvalue weighted by atomic mass is 9.89. The molecule has 4 nitrogen and oxygen atoms in total. The van der Waals surface area contributed by atoms with Crippen LogP contribution >= 0.6 is 0 Å². The molecule has 1 fully saturated rings. The number of carbonyl (C=O) groups is 1. The first-order chi connectivity index (χ1) is 11.8. The smallest absolute Gasteiger partial charge is 0.274 e. The second kappa shape index (κ2) is 6.80. The lowest BCUT2D eigenvalue weighted by Gasteiger charge is -2.32. The molecule has 0 unspecified atom stereocenters. The highest BCUT2D eigenvalue weighted by atomic mass is 16.2. The molecule has 0 bridgehead atoms. The number of rotatable bonds is 3. The molecule has 0 spiro atoms. The lowest BCUT2D eigenvalue weighted by Crippen LogP contribution is -2.39. The van der Waals surface area contributed by atoms with Crippen LogP contribution in [0.1, 0.15) is 53.0 Å². The van der Waals surface area contributed by atoms with E-state index in [2.05, 4.69) is 40.5 Å². The third-order valence-electron chi connectivity index (χ3n) is 5.53. The molecule has 1 N–H and O–H groups in total. The third kappa shape index (κ3) is 3.10. The Morgan fingerprint density at radius 1 is 1.12 bits per heavy atom. The third-order valence-corrected chi connectivity index (χ3v) is 5.53. The van der Waals surface area contributed by atoms with Crippen molar-refractivity contribution in [3.8, 4) is 0 Å². The van der Waals surface area contributed by atoms with Crippen molar-refractivity contribution >= 4 is 5.91 Å². The minimum absolute atomic E-state index is 0.132. The summed E-state index contributed by atoms with van der Waals surface area (Å²) in [5.74, 6) is 0.817. The maximum Gasteiger partial charge on any atom is 0.274 e. The summed E-state index contributed by atoms with van der Waals surface area (Å²) in [6.45, 7) is 1.72. The predicted molar refractivity (Wildman–Crippen MR) is 94.0 cm³/mol. The van der Waals surface area contributed by atoms with E-state index < -0.39 is 0 Å². The number of aromatic nitrogens is 2. The molecule has 24 heavy (non-hydrogen) atoms. The minimum Gasteiger partial charge on any atom is -0.337 e. The normalized spacial score (nSPS) is 18.4. The molecule has 2 heterocycles. The summed E-state index contributed by atoms with van der Waals surface area (Å²) in [5, 5.41) is 7.43. The fraction of sp³-hybridized carbons (Fsp3) is 0.500. The van der Waals surface area contributed by atoms with Crippen molar-refractivity contribution in [2.45, 2.75) is 44.9 Å². The van der Waals surface area contributed by atoms with E-state index in [4.69, 9.17) is 0 Å². The van der Waals surface area contributed by atoms with Gasteiger partial charge in [0.25, 0.3) is 5.91 Å². The van der Waals surface area contributed by atoms with E-state index in [0.29, 0.717) is 11.6 Å². The molecule has 1 aliphatic carbocycles. The van der Waals surface area contributed by atoms with Crippen molar-refractivity contribution in [3.63, 3.8) is 0 Å². The maximum absolute atomic E-state index is 12.8. The molecule has 1 aromatic heterocycles. The van der Waals surface area contributed by atoms with Crippen molar-refractivity contribution in [2.75, 3.05) is 13.1 Å². The van der Waals surface area contributed by atoms with Crippen molar-refractivity contribution in [2.24, 2.45) is 5.92 Å². The zero-order chi connectivity index (χ0) is 16.4. The summed E-state index contributed by atoms with van der Waals surface area (Å²) in [7, 11) is 0. The van der Waals surface area contributed by atoms with Crippen LogP contribution in [0.3, 0.4) is 0 Å². The second-order valence-electron chi connectivity index (χ2n) is 7.16. The number of amides is 1. The van der Waals surface area contributed by atoms with Gasteiger partial charge in [-0.15, -0.1) is 0 Å². The average Bonchev–Trinajstić information content (AvgIpc) is 3.07. The molecule has 1 aliphatic heterocycles. The topological polar surface area (TPSA) is 49.0 Å². The highest BCUT2D eigenvalue weighted by Crippen LogP contribution is 2.26. The molecular formula is C20H25N3O. The van der Waals surface area contributed by atoms with E-state index in [1.807, 2.05) is 4.90 Å². The fourth-order valence-electron chi connectivity index (χ4n) is 4.10. The number of H-pyrrole nitrogens is 1. The van der Waals surface area contributed by atoms with Crippen LogP contribution < -0.4 is 0 Å². The van der Waals surface area contributed by atoms with Gasteiger partial charge in [0.05, 0.1) is 0 Å². The molecule has 0 saturated carbocycles. The molecule has 0 radical (unpaired) electrons. The Hall–Kier alpha value is -2.10. The van der Waals surface area contributed by atoms with Crippen LogP contribution in [0.2, 0.25) is 0 Å². The van der Waals surface area contributed by atoms with Gasteiger partial charge in [0.1, 0.15) is 0 Å². The van der Waals surface area contributed by atoms with E-state index >= 15 is 0 Å². The number of nitrogens with one attached hydrogen (secondary N) is 1. The summed E-state index contributed by atoms with van der Waals surface area (Å²) in [4.78, 5) is 14.8. The highest BCUT2D eigenvalue weighted by molar-refractivity contribution is 5.94. The standard InChI is InChI=1S/C20H25N3O/c24-20(19-17-8-4-5-9-18(17)21-22-19)23-12-10-16(11-13-23)14-15-6-2-1-3-7-15/h1-3,6-7,16H,4-5,8-14H2,(H,21,22). The molecule has 1 amide bonds. The van der Waals surface area contributed by atoms with Crippen LogP contribution in [-0.4, -0.2) is 34.1 Å². The summed E-state index contributed by atoms with van der Waals surface area (Å²) in [6.07, 6.45) is 7.72. The van der Waals surface area contributed by atoms with E-state index in [1.165, 1.54) is 29.7 Å². The molecule has 1 saturated heterocycles. The van der Waals surface area contributed by atoms with E-state index in [1.54, 1.807) is 0 Å². The summed E-state index contributed by atoms with van der Waals surface area (Å²) < 4.78 is 0. The van der Waals surface area contributed by atoms with Crippen LogP contribution in [0.4, 0.5) is 0 Å². The first-order valence-corrected chi connectivity index (χ1v) is 9.20. The van der Waals surface area contributed by atoms with Crippen molar-refractivity contribution in [3.05, 3.63) is 52.8 Å². The van der Waals surface area contributed by atoms with Gasteiger partial charge in [0.2, 0.25) is 0 Å². The van der Waals surface area contributed by atoms with Gasteiger partial charge < -0.3 is 4.90 Å². The van der Waals surface area contributed by atoms with Gasteiger partial charge in [-0.25, -0.2) is 0 Å². The Morgan fingerprint density at radius 3 is 2.67 bits per heavy atom. The summed E-state index contributed by atoms with van der Waals surface area (Å²) >= 11 is 0. The van der Waals surface area contributed by atoms with Gasteiger partial charge in [0, 0.05) is 24.3 Å². The number of hydrogen-bond donors (Lipinski definition) is 1. The average molecular weight is 323 g/mol. The number of piperidine rings is 1. The largest absolute Gasteiger partial charge is 0.337 e. The highest BCUT2D eigenvalue weighted by Gasteiger charge is 2.28. The van der Waals surface area contributed by atoms with Crippen LogP contribution in [-0.2, 0) is 19.3 Å². The van der Waals surface area contributed by atoms with Crippen molar-refractivity contribution in [1.82, 2.24) is 15.1 Å². The first kappa shape index (κ1) is 15.4. The van der Waals surface area contributed by atoms with Gasteiger partial charge in [-0.2, -0.15) is 5.10 Å². The predicted octanol–water partition coefficient (Wildman–Crippen LogP) is 3.38. The Bertz CT molecular complexity index is 699. The van der Waals surface area contributed by atoms with E-state index in [-0.39, 0.29) is 5.91 Å². The number of nitrogens with zero attached hydrogens (tertiary/aromatic N) is 2. The Balaban J connectivity index is 1.37. The van der Waals surface area contributed by atoms with Gasteiger partial charge in [-0.1, -0.05) is 30.3 Å². The summed E-state index contributed by atoms with van der Waals surface area (Å²) in [5.41, 5.74) is 4.45. The minimum atomic E-state index is 0.132. The number of hydrogen-bond acceptors (Lipinski definition) is 2. The molecule has 4 rings (SSSR count). The molecule has 2 aliphatic rings. The Morgan fingerprint density at radius 2 is 1.88 bits per heavy atom. The van der Waals surface area contributed by atoms with E-state index in [0.717, 1.165) is 45.2 Å². The lowest BCUT2D eigenvalue weighted by molar-refractivity contribution is 0.0683. The maximum atomic E-state index is 12.8. The Labute approximate surface area is 143 Å². The van der Waals surface area contributed by atoms with Crippen LogP contribution in [0.15, 0.2) is 30.3 Å². The van der Waals surface area contributed by atoms with Crippen LogP contribution in [0.25, 0.3) is 0 Å². The zero-order valence-corrected chi connectivity index (χ0v) is 14.1. The monoisotopic (exact) mass is 323 g/mol. The van der Waals surface area contributed by atoms with Gasteiger partial charge >= 0.3 is 0 Å². The molecule has 2 aromatic rings. The number of likely N-dealkylation sites (tertiary alicyclic amines) is 1. The zero-order valence-electron chi connectivity index (χ0n) is 14.1. The molecule has 1 aromatic carbocycles. The van der Waals surface area contributed by atoms with Crippen molar-refractivity contribution < 1.29 is 4.79 Å². The van der Waals surface area contributed by atoms with Gasteiger partial charge in [-0.3, -0.25) is 9.89 Å². The number of aryl methyl sites for hydroxylation is 1. The van der Waals surface area contributed by atoms with Gasteiger partial charge in [-0.05, 0) is 56.4 Å². The molecule has 4 heteroatoms. The number of fused-ring (bicyclic) bond motifs is 1. The van der Waals surface area contributed by atoms with Crippen molar-refractivity contribution in [1.29, 1.82) is 0 Å². The quantitative estimate of drug-likeness (QED) is 0.941. The fourth-order valence-corrected chi connectivity index (χ4v) is 4.10. The number of aromatic amines is 1. The van der Waals surface area contributed by atoms with Crippen LogP contribution in [0.5, 0.6) is 0 Å². The molecule has 0 atom stereocenters. The number of benzene rings is 1. The van der Waals surface area contributed by atoms with Gasteiger partial charge in [0.15, 0.2) is 5.69 Å². The number of carbonyl (C=O) groups excluding carboxylic acids is 1. The first-order valence-electron chi connectivity index (χ1n) is 9.20. The molecular weight excluding hydrogens is 298 g/mol. The summed E-state index contributed by atoms with van der Waals surface area (Å²) in [6, 6.07) is 10.7.